The van der Waals surface area contributed by atoms with Crippen LogP contribution in [0.25, 0.3) is 11.4 Å². The second kappa shape index (κ2) is 7.13. The van der Waals surface area contributed by atoms with E-state index in [9.17, 15) is 9.90 Å². The maximum atomic E-state index is 11.8. The van der Waals surface area contributed by atoms with E-state index in [2.05, 4.69) is 10.1 Å². The van der Waals surface area contributed by atoms with Gasteiger partial charge in [-0.25, -0.2) is 9.67 Å². The Kier molecular flexibility index (Phi) is 4.94. The Morgan fingerprint density at radius 1 is 1.33 bits per heavy atom. The third-order valence-corrected chi connectivity index (χ3v) is 4.56. The van der Waals surface area contributed by atoms with Crippen molar-refractivity contribution in [2.45, 2.75) is 44.8 Å². The van der Waals surface area contributed by atoms with Gasteiger partial charge in [-0.3, -0.25) is 4.79 Å². The molecule has 24 heavy (non-hydrogen) atoms. The molecule has 0 bridgehead atoms. The van der Waals surface area contributed by atoms with Crippen LogP contribution in [0.2, 0.25) is 0 Å². The van der Waals surface area contributed by atoms with E-state index in [-0.39, 0.29) is 11.9 Å². The number of ether oxygens (including phenoxy) is 1. The van der Waals surface area contributed by atoms with Gasteiger partial charge >= 0.3 is 5.97 Å². The van der Waals surface area contributed by atoms with E-state index in [4.69, 9.17) is 4.74 Å². The lowest BCUT2D eigenvalue weighted by Crippen LogP contribution is -2.40. The van der Waals surface area contributed by atoms with Gasteiger partial charge in [0.25, 0.3) is 0 Å². The average molecular weight is 329 g/mol. The molecule has 1 saturated carbocycles. The Bertz CT molecular complexity index is 676. The van der Waals surface area contributed by atoms with Crippen molar-refractivity contribution in [2.24, 2.45) is 5.92 Å². The molecule has 0 amide bonds. The van der Waals surface area contributed by atoms with Crippen molar-refractivity contribution in [3.05, 3.63) is 36.7 Å². The van der Waals surface area contributed by atoms with Gasteiger partial charge in [-0.2, -0.15) is 5.10 Å². The molecule has 1 N–H and O–H groups in total. The first-order chi connectivity index (χ1) is 11.6. The summed E-state index contributed by atoms with van der Waals surface area (Å²) in [6, 6.07) is 9.75. The van der Waals surface area contributed by atoms with Gasteiger partial charge in [-0.1, -0.05) is 30.3 Å². The van der Waals surface area contributed by atoms with E-state index in [1.54, 1.807) is 11.0 Å². The Labute approximate surface area is 141 Å². The number of aromatic nitrogens is 3. The van der Waals surface area contributed by atoms with Gasteiger partial charge in [-0.05, 0) is 32.6 Å². The molecule has 0 spiro atoms. The highest BCUT2D eigenvalue weighted by Gasteiger charge is 2.37. The number of carbonyl (C=O) groups excluding carboxylic acids is 1. The number of hydrogen-bond acceptors (Lipinski definition) is 5. The zero-order valence-corrected chi connectivity index (χ0v) is 13.9. The first-order valence-corrected chi connectivity index (χ1v) is 8.43. The van der Waals surface area contributed by atoms with E-state index in [0.717, 1.165) is 5.56 Å². The lowest BCUT2D eigenvalue weighted by atomic mass is 9.79. The van der Waals surface area contributed by atoms with Crippen LogP contribution < -0.4 is 0 Å². The molecule has 0 atom stereocenters. The van der Waals surface area contributed by atoms with E-state index < -0.39 is 5.60 Å². The fraction of sp³-hybridized carbons (Fsp3) is 0.500. The van der Waals surface area contributed by atoms with Crippen LogP contribution in [-0.4, -0.2) is 38.0 Å². The van der Waals surface area contributed by atoms with Gasteiger partial charge in [0.2, 0.25) is 0 Å². The van der Waals surface area contributed by atoms with Crippen molar-refractivity contribution >= 4 is 5.97 Å². The summed E-state index contributed by atoms with van der Waals surface area (Å²) >= 11 is 0. The number of rotatable bonds is 5. The lowest BCUT2D eigenvalue weighted by Gasteiger charge is -2.34. The van der Waals surface area contributed by atoms with E-state index >= 15 is 0 Å². The summed E-state index contributed by atoms with van der Waals surface area (Å²) < 4.78 is 6.76. The molecule has 1 heterocycles. The Balaban J connectivity index is 1.61. The average Bonchev–Trinajstić information content (AvgIpc) is 3.04. The standard InChI is InChI=1S/C18H23N3O3/c1-2-24-17(22)15-8-10-18(23,11-9-15)12-21-13-19-16(20-21)14-6-4-3-5-7-14/h3-7,13,15,23H,2,8-12H2,1H3. The largest absolute Gasteiger partial charge is 0.466 e. The summed E-state index contributed by atoms with van der Waals surface area (Å²) in [5, 5.41) is 15.3. The SMILES string of the molecule is CCOC(=O)C1CCC(O)(Cn2cnc(-c3ccccc3)n2)CC1. The number of esters is 1. The summed E-state index contributed by atoms with van der Waals surface area (Å²) in [7, 11) is 0. The number of carbonyl (C=O) groups is 1. The third-order valence-electron chi connectivity index (χ3n) is 4.56. The van der Waals surface area contributed by atoms with Gasteiger partial charge in [0.1, 0.15) is 6.33 Å². The molecule has 1 aliphatic rings. The summed E-state index contributed by atoms with van der Waals surface area (Å²) in [6.07, 6.45) is 4.08. The molecule has 1 fully saturated rings. The molecule has 3 rings (SSSR count). The highest BCUT2D eigenvalue weighted by Crippen LogP contribution is 2.34. The molecule has 0 aliphatic heterocycles. The topological polar surface area (TPSA) is 77.2 Å². The molecule has 0 unspecified atom stereocenters. The normalized spacial score (nSPS) is 23.8. The minimum atomic E-state index is -0.843. The molecule has 6 nitrogen and oxygen atoms in total. The van der Waals surface area contributed by atoms with Gasteiger partial charge < -0.3 is 9.84 Å². The molecule has 1 aromatic carbocycles. The predicted molar refractivity (Wildman–Crippen MR) is 89.0 cm³/mol. The second-order valence-electron chi connectivity index (χ2n) is 6.38. The number of hydrogen-bond donors (Lipinski definition) is 1. The van der Waals surface area contributed by atoms with Gasteiger partial charge in [0, 0.05) is 5.56 Å². The quantitative estimate of drug-likeness (QED) is 0.853. The highest BCUT2D eigenvalue weighted by atomic mass is 16.5. The van der Waals surface area contributed by atoms with Crippen LogP contribution in [0.4, 0.5) is 0 Å². The van der Waals surface area contributed by atoms with Gasteiger partial charge in [0.05, 0.1) is 24.7 Å². The Morgan fingerprint density at radius 3 is 2.71 bits per heavy atom. The fourth-order valence-corrected chi connectivity index (χ4v) is 3.20. The minimum Gasteiger partial charge on any atom is -0.466 e. The van der Waals surface area contributed by atoms with Crippen LogP contribution in [0.1, 0.15) is 32.6 Å². The molecular formula is C18H23N3O3. The first-order valence-electron chi connectivity index (χ1n) is 8.43. The van der Waals surface area contributed by atoms with Crippen LogP contribution in [0.15, 0.2) is 36.7 Å². The van der Waals surface area contributed by atoms with Crippen LogP contribution in [0.5, 0.6) is 0 Å². The van der Waals surface area contributed by atoms with Crippen molar-refractivity contribution in [1.82, 2.24) is 14.8 Å². The molecule has 1 aromatic heterocycles. The van der Waals surface area contributed by atoms with Crippen molar-refractivity contribution in [3.63, 3.8) is 0 Å². The second-order valence-corrected chi connectivity index (χ2v) is 6.38. The maximum Gasteiger partial charge on any atom is 0.308 e. The monoisotopic (exact) mass is 329 g/mol. The summed E-state index contributed by atoms with van der Waals surface area (Å²) in [5.74, 6) is 0.409. The molecule has 0 radical (unpaired) electrons. The van der Waals surface area contributed by atoms with Crippen LogP contribution in [0, 0.1) is 5.92 Å². The number of benzene rings is 1. The molecule has 6 heteroatoms. The molecular weight excluding hydrogens is 306 g/mol. The predicted octanol–water partition coefficient (Wildman–Crippen LogP) is 2.43. The Morgan fingerprint density at radius 2 is 2.04 bits per heavy atom. The minimum absolute atomic E-state index is 0.0964. The number of aliphatic hydroxyl groups is 1. The smallest absolute Gasteiger partial charge is 0.308 e. The summed E-state index contributed by atoms with van der Waals surface area (Å²) in [5.41, 5.74) is 0.110. The van der Waals surface area contributed by atoms with Crippen molar-refractivity contribution < 1.29 is 14.6 Å². The lowest BCUT2D eigenvalue weighted by molar-refractivity contribution is -0.151. The van der Waals surface area contributed by atoms with Gasteiger partial charge in [-0.15, -0.1) is 0 Å². The zero-order chi connectivity index (χ0) is 17.0. The van der Waals surface area contributed by atoms with Crippen molar-refractivity contribution in [3.8, 4) is 11.4 Å². The van der Waals surface area contributed by atoms with E-state index in [1.807, 2.05) is 37.3 Å². The first kappa shape index (κ1) is 16.6. The molecule has 0 saturated heterocycles. The Hall–Kier alpha value is -2.21. The fourth-order valence-electron chi connectivity index (χ4n) is 3.20. The van der Waals surface area contributed by atoms with Crippen LogP contribution >= 0.6 is 0 Å². The van der Waals surface area contributed by atoms with Crippen molar-refractivity contribution in [2.75, 3.05) is 6.61 Å². The van der Waals surface area contributed by atoms with Crippen molar-refractivity contribution in [1.29, 1.82) is 0 Å². The molecule has 128 valence electrons. The van der Waals surface area contributed by atoms with Crippen LogP contribution in [0.3, 0.4) is 0 Å². The summed E-state index contributed by atoms with van der Waals surface area (Å²) in [6.45, 7) is 2.61. The highest BCUT2D eigenvalue weighted by molar-refractivity contribution is 5.72. The third kappa shape index (κ3) is 3.82. The van der Waals surface area contributed by atoms with E-state index in [0.29, 0.717) is 44.7 Å². The van der Waals surface area contributed by atoms with Crippen LogP contribution in [-0.2, 0) is 16.1 Å². The van der Waals surface area contributed by atoms with Gasteiger partial charge in [0.15, 0.2) is 5.82 Å². The molecule has 2 aromatic rings. The zero-order valence-electron chi connectivity index (χ0n) is 13.9. The van der Waals surface area contributed by atoms with E-state index in [1.165, 1.54) is 0 Å². The number of nitrogens with zero attached hydrogens (tertiary/aromatic N) is 3. The maximum absolute atomic E-state index is 11.8. The summed E-state index contributed by atoms with van der Waals surface area (Å²) in [4.78, 5) is 16.1. The molecule has 1 aliphatic carbocycles.